The minimum Gasteiger partial charge on any atom is -0.463 e. The van der Waals surface area contributed by atoms with Gasteiger partial charge in [-0.1, -0.05) is 127 Å². The van der Waals surface area contributed by atoms with Crippen LogP contribution in [0, 0.1) is 0 Å². The van der Waals surface area contributed by atoms with E-state index < -0.39 is 26.5 Å². The number of phosphoric acid groups is 1. The first-order valence-electron chi connectivity index (χ1n) is 18.6. The molecule has 0 aliphatic rings. The molecule has 2 unspecified atom stereocenters. The van der Waals surface area contributed by atoms with Gasteiger partial charge in [0.15, 0.2) is 0 Å². The molecule has 9 nitrogen and oxygen atoms in total. The third-order valence-electron chi connectivity index (χ3n) is 7.51. The van der Waals surface area contributed by atoms with Crippen molar-refractivity contribution in [1.29, 1.82) is 0 Å². The van der Waals surface area contributed by atoms with Crippen LogP contribution in [-0.4, -0.2) is 54.3 Å². The second-order valence-corrected chi connectivity index (χ2v) is 13.7. The third kappa shape index (κ3) is 35.3. The first-order valence-corrected chi connectivity index (χ1v) is 20.1. The lowest BCUT2D eigenvalue weighted by Crippen LogP contribution is -2.27. The molecular formula is C38H68NO8P. The second-order valence-electron chi connectivity index (χ2n) is 12.2. The summed E-state index contributed by atoms with van der Waals surface area (Å²) in [7, 11) is -4.40. The molecule has 0 aromatic rings. The Bertz CT molecular complexity index is 934. The average Bonchev–Trinajstić information content (AvgIpc) is 3.07. The fourth-order valence-corrected chi connectivity index (χ4v) is 5.41. The Kier molecular flexibility index (Phi) is 33.3. The van der Waals surface area contributed by atoms with Gasteiger partial charge < -0.3 is 20.1 Å². The molecule has 48 heavy (non-hydrogen) atoms. The second kappa shape index (κ2) is 34.8. The van der Waals surface area contributed by atoms with E-state index in [1.165, 1.54) is 44.9 Å². The first kappa shape index (κ1) is 46.0. The van der Waals surface area contributed by atoms with Crippen LogP contribution < -0.4 is 5.32 Å². The molecule has 0 aliphatic carbocycles. The van der Waals surface area contributed by atoms with Gasteiger partial charge in [-0.05, 0) is 57.8 Å². The molecule has 2 atom stereocenters. The number of allylic oxidation sites excluding steroid dienone is 8. The number of aliphatic hydroxyl groups excluding tert-OH is 1. The SMILES string of the molecule is CCCCC/C=C\C/C=C\C/C=C\C/C=C\CCCCCCCCCC(=O)OCC(O)COP(=O)(O)OCCNC(=O)CCCCCC. The predicted octanol–water partition coefficient (Wildman–Crippen LogP) is 9.60. The maximum absolute atomic E-state index is 11.9. The number of hydrogen-bond donors (Lipinski definition) is 3. The number of nitrogens with one attached hydrogen (secondary N) is 1. The molecule has 0 bridgehead atoms. The van der Waals surface area contributed by atoms with Crippen LogP contribution in [0.25, 0.3) is 0 Å². The Labute approximate surface area is 292 Å². The van der Waals surface area contributed by atoms with Crippen molar-refractivity contribution in [3.63, 3.8) is 0 Å². The van der Waals surface area contributed by atoms with Gasteiger partial charge in [0.2, 0.25) is 5.91 Å². The normalized spacial score (nSPS) is 14.0. The van der Waals surface area contributed by atoms with Gasteiger partial charge in [0.05, 0.1) is 13.2 Å². The molecule has 0 aliphatic heterocycles. The molecule has 0 fully saturated rings. The highest BCUT2D eigenvalue weighted by atomic mass is 31.2. The van der Waals surface area contributed by atoms with Crippen molar-refractivity contribution in [2.24, 2.45) is 0 Å². The summed E-state index contributed by atoms with van der Waals surface area (Å²) in [6.07, 6.45) is 38.1. The fraction of sp³-hybridized carbons (Fsp3) is 0.737. The Balaban J connectivity index is 3.62. The van der Waals surface area contributed by atoms with Crippen molar-refractivity contribution < 1.29 is 37.9 Å². The summed E-state index contributed by atoms with van der Waals surface area (Å²) >= 11 is 0. The average molecular weight is 698 g/mol. The van der Waals surface area contributed by atoms with E-state index in [0.717, 1.165) is 77.0 Å². The van der Waals surface area contributed by atoms with E-state index in [0.29, 0.717) is 6.42 Å². The van der Waals surface area contributed by atoms with E-state index in [-0.39, 0.29) is 32.1 Å². The lowest BCUT2D eigenvalue weighted by atomic mass is 10.1. The lowest BCUT2D eigenvalue weighted by Gasteiger charge is -2.15. The van der Waals surface area contributed by atoms with Gasteiger partial charge in [-0.2, -0.15) is 0 Å². The molecule has 0 heterocycles. The molecule has 0 aromatic heterocycles. The number of hydrogen-bond acceptors (Lipinski definition) is 7. The quantitative estimate of drug-likeness (QED) is 0.0262. The zero-order valence-electron chi connectivity index (χ0n) is 30.2. The summed E-state index contributed by atoms with van der Waals surface area (Å²) in [5.41, 5.74) is 0. The highest BCUT2D eigenvalue weighted by Crippen LogP contribution is 2.42. The maximum atomic E-state index is 11.9. The van der Waals surface area contributed by atoms with E-state index >= 15 is 0 Å². The van der Waals surface area contributed by atoms with Gasteiger partial charge in [-0.3, -0.25) is 18.6 Å². The van der Waals surface area contributed by atoms with Crippen LogP contribution in [0.5, 0.6) is 0 Å². The smallest absolute Gasteiger partial charge is 0.463 e. The maximum Gasteiger partial charge on any atom is 0.472 e. The number of phosphoric ester groups is 1. The number of esters is 1. The zero-order valence-corrected chi connectivity index (χ0v) is 31.1. The van der Waals surface area contributed by atoms with Gasteiger partial charge in [0.25, 0.3) is 0 Å². The number of ether oxygens (including phenoxy) is 1. The van der Waals surface area contributed by atoms with Crippen molar-refractivity contribution in [1.82, 2.24) is 5.32 Å². The number of rotatable bonds is 34. The topological polar surface area (TPSA) is 131 Å². The van der Waals surface area contributed by atoms with E-state index in [9.17, 15) is 24.2 Å². The largest absolute Gasteiger partial charge is 0.472 e. The fourth-order valence-electron chi connectivity index (χ4n) is 4.66. The van der Waals surface area contributed by atoms with Crippen LogP contribution in [0.15, 0.2) is 48.6 Å². The van der Waals surface area contributed by atoms with Crippen LogP contribution in [0.4, 0.5) is 0 Å². The Hall–Kier alpha value is -2.03. The molecule has 0 spiro atoms. The van der Waals surface area contributed by atoms with E-state index in [2.05, 4.69) is 67.8 Å². The van der Waals surface area contributed by atoms with Gasteiger partial charge in [-0.25, -0.2) is 4.57 Å². The number of amides is 1. The van der Waals surface area contributed by atoms with E-state index in [1.807, 2.05) is 0 Å². The van der Waals surface area contributed by atoms with Crippen LogP contribution in [-0.2, 0) is 27.9 Å². The number of carbonyl (C=O) groups is 2. The number of unbranched alkanes of at least 4 members (excludes halogenated alkanes) is 13. The molecule has 0 aromatic carbocycles. The third-order valence-corrected chi connectivity index (χ3v) is 8.50. The van der Waals surface area contributed by atoms with Crippen LogP contribution >= 0.6 is 7.82 Å². The molecule has 278 valence electrons. The number of aliphatic hydroxyl groups is 1. The molecule has 0 saturated heterocycles. The van der Waals surface area contributed by atoms with Crippen LogP contribution in [0.2, 0.25) is 0 Å². The number of carbonyl (C=O) groups excluding carboxylic acids is 2. The Morgan fingerprint density at radius 2 is 1.12 bits per heavy atom. The highest BCUT2D eigenvalue weighted by Gasteiger charge is 2.23. The minimum absolute atomic E-state index is 0.0768. The zero-order chi connectivity index (χ0) is 35.4. The summed E-state index contributed by atoms with van der Waals surface area (Å²) in [6.45, 7) is 3.36. The summed E-state index contributed by atoms with van der Waals surface area (Å²) in [4.78, 5) is 33.4. The lowest BCUT2D eigenvalue weighted by molar-refractivity contribution is -0.147. The van der Waals surface area contributed by atoms with Crippen molar-refractivity contribution in [2.75, 3.05) is 26.4 Å². The summed E-state index contributed by atoms with van der Waals surface area (Å²) in [5, 5.41) is 12.5. The van der Waals surface area contributed by atoms with Crippen molar-refractivity contribution in [3.05, 3.63) is 48.6 Å². The van der Waals surface area contributed by atoms with Gasteiger partial charge >= 0.3 is 13.8 Å². The first-order chi connectivity index (χ1) is 23.3. The van der Waals surface area contributed by atoms with E-state index in [1.54, 1.807) is 0 Å². The molecule has 0 rings (SSSR count). The molecule has 10 heteroatoms. The summed E-state index contributed by atoms with van der Waals surface area (Å²) < 4.78 is 26.5. The van der Waals surface area contributed by atoms with Crippen LogP contribution in [0.3, 0.4) is 0 Å². The van der Waals surface area contributed by atoms with Gasteiger partial charge in [0.1, 0.15) is 12.7 Å². The standard InChI is InChI=1S/C38H68NO8P/c1-3-5-7-9-10-11-12-13-14-15-16-17-18-19-20-21-22-23-24-25-26-27-29-31-38(42)45-34-36(40)35-47-48(43,44)46-33-32-39-37(41)30-28-8-6-4-2/h10-11,13-14,16-17,19-20,36,40H,3-9,12,15,18,21-35H2,1-2H3,(H,39,41)(H,43,44)/b11-10-,14-13-,17-16-,20-19-. The molecule has 3 N–H and O–H groups in total. The molecule has 0 radical (unpaired) electrons. The summed E-state index contributed by atoms with van der Waals surface area (Å²) in [6, 6.07) is 0. The van der Waals surface area contributed by atoms with Crippen molar-refractivity contribution in [3.8, 4) is 0 Å². The van der Waals surface area contributed by atoms with Crippen molar-refractivity contribution in [2.45, 2.75) is 155 Å². The Morgan fingerprint density at radius 3 is 1.73 bits per heavy atom. The highest BCUT2D eigenvalue weighted by molar-refractivity contribution is 7.47. The van der Waals surface area contributed by atoms with E-state index in [4.69, 9.17) is 13.8 Å². The minimum atomic E-state index is -4.40. The molecule has 1 amide bonds. The van der Waals surface area contributed by atoms with Crippen LogP contribution in [0.1, 0.15) is 149 Å². The molecule has 0 saturated carbocycles. The van der Waals surface area contributed by atoms with Crippen molar-refractivity contribution >= 4 is 19.7 Å². The Morgan fingerprint density at radius 1 is 0.646 bits per heavy atom. The van der Waals surface area contributed by atoms with Gasteiger partial charge in [-0.15, -0.1) is 0 Å². The molecular weight excluding hydrogens is 629 g/mol. The monoisotopic (exact) mass is 697 g/mol. The predicted molar refractivity (Wildman–Crippen MR) is 197 cm³/mol. The van der Waals surface area contributed by atoms with Gasteiger partial charge in [0, 0.05) is 19.4 Å². The summed E-state index contributed by atoms with van der Waals surface area (Å²) in [5.74, 6) is -0.549.